The van der Waals surface area contributed by atoms with E-state index in [1.807, 2.05) is 72.8 Å². The average molecular weight is 679 g/mol. The number of carbonyl (C=O) groups excluding carboxylic acids is 1. The number of rotatable bonds is 4. The Hall–Kier alpha value is -5.87. The topological polar surface area (TPSA) is 45.5 Å². The van der Waals surface area contributed by atoms with Crippen LogP contribution < -0.4 is 4.90 Å². The molecular weight excluding hydrogens is 654 g/mol. The SMILES string of the molecule is O=C1c2c(cccc2-n2c3cccc(C(F)(F)F)c3c3c(C(F)(F)F)cccc32)C(O)N1c1ccc(-c2ccccc2)cc1-c1ccccc1. The summed E-state index contributed by atoms with van der Waals surface area (Å²) in [6.45, 7) is 0. The zero-order chi connectivity index (χ0) is 34.9. The maximum atomic E-state index is 14.6. The quantitative estimate of drug-likeness (QED) is 0.188. The van der Waals surface area contributed by atoms with Gasteiger partial charge in [-0.25, -0.2) is 0 Å². The molecule has 1 atom stereocenters. The van der Waals surface area contributed by atoms with Crippen molar-refractivity contribution in [2.24, 2.45) is 0 Å². The number of benzene rings is 6. The second-order valence-electron chi connectivity index (χ2n) is 12.0. The molecule has 10 heteroatoms. The molecule has 7 aromatic rings. The zero-order valence-corrected chi connectivity index (χ0v) is 25.8. The smallest absolute Gasteiger partial charge is 0.369 e. The Bertz CT molecular complexity index is 2380. The Morgan fingerprint density at radius 3 is 1.64 bits per heavy atom. The first-order valence-corrected chi connectivity index (χ1v) is 15.6. The van der Waals surface area contributed by atoms with Crippen molar-refractivity contribution in [3.63, 3.8) is 0 Å². The molecule has 0 saturated heterocycles. The van der Waals surface area contributed by atoms with Gasteiger partial charge in [0.25, 0.3) is 5.91 Å². The van der Waals surface area contributed by atoms with Crippen LogP contribution in [0.2, 0.25) is 0 Å². The van der Waals surface area contributed by atoms with Crippen molar-refractivity contribution < 1.29 is 36.2 Å². The summed E-state index contributed by atoms with van der Waals surface area (Å²) in [5.41, 5.74) is 0.906. The molecule has 248 valence electrons. The van der Waals surface area contributed by atoms with Crippen LogP contribution in [0.25, 0.3) is 49.7 Å². The standard InChI is InChI=1S/C40H24F6N2O2/c41-39(42,43)28-15-8-18-32-35(28)36-29(40(44,45)46)16-9-19-33(36)47(32)31-17-7-14-26-34(31)38(50)48(37(26)49)30-21-20-25(23-10-3-1-4-11-23)22-27(30)24-12-5-2-6-13-24/h1-22,37,49H. The van der Waals surface area contributed by atoms with Gasteiger partial charge in [0.05, 0.1) is 39.1 Å². The Kier molecular flexibility index (Phi) is 7.13. The summed E-state index contributed by atoms with van der Waals surface area (Å²) < 4.78 is 87.6. The first kappa shape index (κ1) is 31.4. The fourth-order valence-corrected chi connectivity index (χ4v) is 7.05. The third-order valence-electron chi connectivity index (χ3n) is 9.15. The molecule has 4 nitrogen and oxygen atoms in total. The summed E-state index contributed by atoms with van der Waals surface area (Å²) in [4.78, 5) is 15.8. The molecule has 0 saturated carbocycles. The highest BCUT2D eigenvalue weighted by molar-refractivity contribution is 6.17. The van der Waals surface area contributed by atoms with Gasteiger partial charge in [0.2, 0.25) is 0 Å². The third kappa shape index (κ3) is 4.86. The molecule has 0 aliphatic carbocycles. The maximum absolute atomic E-state index is 14.6. The van der Waals surface area contributed by atoms with Crippen LogP contribution in [0.4, 0.5) is 32.0 Å². The zero-order valence-electron chi connectivity index (χ0n) is 25.8. The lowest BCUT2D eigenvalue weighted by molar-refractivity contribution is -0.138. The van der Waals surface area contributed by atoms with Gasteiger partial charge in [-0.15, -0.1) is 0 Å². The molecule has 0 radical (unpaired) electrons. The molecule has 6 aromatic carbocycles. The summed E-state index contributed by atoms with van der Waals surface area (Å²) in [5, 5.41) is 10.5. The van der Waals surface area contributed by atoms with Crippen LogP contribution in [0.5, 0.6) is 0 Å². The molecule has 0 bridgehead atoms. The fraction of sp³-hybridized carbons (Fsp3) is 0.0750. The molecule has 2 heterocycles. The van der Waals surface area contributed by atoms with Gasteiger partial charge in [0.1, 0.15) is 0 Å². The number of hydrogen-bond acceptors (Lipinski definition) is 2. The van der Waals surface area contributed by atoms with Crippen molar-refractivity contribution in [2.75, 3.05) is 4.90 Å². The van der Waals surface area contributed by atoms with Gasteiger partial charge >= 0.3 is 12.4 Å². The van der Waals surface area contributed by atoms with Crippen molar-refractivity contribution >= 4 is 33.4 Å². The van der Waals surface area contributed by atoms with Crippen molar-refractivity contribution in [3.05, 3.63) is 156 Å². The molecule has 1 N–H and O–H groups in total. The second-order valence-corrected chi connectivity index (χ2v) is 12.0. The number of nitrogens with zero attached hydrogens (tertiary/aromatic N) is 2. The van der Waals surface area contributed by atoms with Crippen molar-refractivity contribution in [1.82, 2.24) is 4.57 Å². The summed E-state index contributed by atoms with van der Waals surface area (Å²) in [6, 6.07) is 35.2. The molecule has 1 aromatic heterocycles. The lowest BCUT2D eigenvalue weighted by Crippen LogP contribution is -2.28. The predicted molar refractivity (Wildman–Crippen MR) is 180 cm³/mol. The van der Waals surface area contributed by atoms with Gasteiger partial charge in [-0.2, -0.15) is 26.3 Å². The summed E-state index contributed by atoms with van der Waals surface area (Å²) in [5.74, 6) is -0.665. The molecular formula is C40H24F6N2O2. The monoisotopic (exact) mass is 678 g/mol. The number of anilines is 1. The molecule has 1 amide bonds. The van der Waals surface area contributed by atoms with Crippen LogP contribution in [0, 0.1) is 0 Å². The highest BCUT2D eigenvalue weighted by Gasteiger charge is 2.42. The number of aliphatic hydroxyl groups excluding tert-OH is 1. The van der Waals surface area contributed by atoms with E-state index in [-0.39, 0.29) is 27.8 Å². The number of carbonyl (C=O) groups is 1. The normalized spacial score (nSPS) is 14.9. The van der Waals surface area contributed by atoms with E-state index in [4.69, 9.17) is 0 Å². The van der Waals surface area contributed by atoms with Crippen LogP contribution >= 0.6 is 0 Å². The highest BCUT2D eigenvalue weighted by atomic mass is 19.4. The number of aliphatic hydroxyl groups is 1. The van der Waals surface area contributed by atoms with E-state index in [2.05, 4.69) is 0 Å². The number of aromatic nitrogens is 1. The Morgan fingerprint density at radius 1 is 0.540 bits per heavy atom. The van der Waals surface area contributed by atoms with E-state index in [1.54, 1.807) is 6.07 Å². The second kappa shape index (κ2) is 11.3. The fourth-order valence-electron chi connectivity index (χ4n) is 7.05. The van der Waals surface area contributed by atoms with Crippen LogP contribution in [0.3, 0.4) is 0 Å². The largest absolute Gasteiger partial charge is 0.417 e. The minimum absolute atomic E-state index is 0.0369. The van der Waals surface area contributed by atoms with E-state index >= 15 is 0 Å². The Morgan fingerprint density at radius 2 is 1.08 bits per heavy atom. The van der Waals surface area contributed by atoms with E-state index < -0.39 is 46.4 Å². The third-order valence-corrected chi connectivity index (χ3v) is 9.15. The van der Waals surface area contributed by atoms with Crippen LogP contribution in [-0.2, 0) is 12.4 Å². The van der Waals surface area contributed by atoms with E-state index in [0.29, 0.717) is 11.3 Å². The minimum Gasteiger partial charge on any atom is -0.369 e. The predicted octanol–water partition coefficient (Wildman–Crippen LogP) is 10.8. The van der Waals surface area contributed by atoms with Gasteiger partial charge in [0.15, 0.2) is 6.23 Å². The number of halogens is 6. The van der Waals surface area contributed by atoms with Crippen molar-refractivity contribution in [1.29, 1.82) is 0 Å². The molecule has 1 unspecified atom stereocenters. The first-order valence-electron chi connectivity index (χ1n) is 15.6. The van der Waals surface area contributed by atoms with Gasteiger partial charge < -0.3 is 9.67 Å². The summed E-state index contributed by atoms with van der Waals surface area (Å²) in [7, 11) is 0. The minimum atomic E-state index is -4.97. The molecule has 0 spiro atoms. The lowest BCUT2D eigenvalue weighted by atomic mass is 9.96. The summed E-state index contributed by atoms with van der Waals surface area (Å²) >= 11 is 0. The van der Waals surface area contributed by atoms with Crippen molar-refractivity contribution in [3.8, 4) is 27.9 Å². The van der Waals surface area contributed by atoms with Crippen LogP contribution in [0.15, 0.2) is 133 Å². The lowest BCUT2D eigenvalue weighted by Gasteiger charge is -2.25. The van der Waals surface area contributed by atoms with Gasteiger partial charge in [-0.05, 0) is 59.2 Å². The molecule has 1 aliphatic rings. The molecule has 1 aliphatic heterocycles. The van der Waals surface area contributed by atoms with Gasteiger partial charge in [-0.3, -0.25) is 9.69 Å². The first-order chi connectivity index (χ1) is 23.9. The number of amides is 1. The summed E-state index contributed by atoms with van der Waals surface area (Å²) in [6.07, 6.45) is -11.5. The molecule has 0 fully saturated rings. The molecule has 50 heavy (non-hydrogen) atoms. The van der Waals surface area contributed by atoms with E-state index in [0.717, 1.165) is 41.0 Å². The number of fused-ring (bicyclic) bond motifs is 4. The number of alkyl halides is 6. The van der Waals surface area contributed by atoms with Crippen molar-refractivity contribution in [2.45, 2.75) is 18.6 Å². The van der Waals surface area contributed by atoms with Gasteiger partial charge in [0, 0.05) is 21.9 Å². The van der Waals surface area contributed by atoms with E-state index in [9.17, 15) is 36.2 Å². The Balaban J connectivity index is 1.37. The highest BCUT2D eigenvalue weighted by Crippen LogP contribution is 2.48. The molecule has 8 rings (SSSR count). The average Bonchev–Trinajstić information content (AvgIpc) is 3.58. The van der Waals surface area contributed by atoms with Crippen LogP contribution in [-0.4, -0.2) is 15.6 Å². The number of hydrogen-bond donors (Lipinski definition) is 1. The van der Waals surface area contributed by atoms with Crippen LogP contribution in [0.1, 0.15) is 33.3 Å². The Labute approximate surface area is 281 Å². The van der Waals surface area contributed by atoms with E-state index in [1.165, 1.54) is 39.8 Å². The van der Waals surface area contributed by atoms with Gasteiger partial charge in [-0.1, -0.05) is 91.0 Å². The maximum Gasteiger partial charge on any atom is 0.417 e.